The average Bonchev–Trinajstić information content (AvgIpc) is 2.37. The average molecular weight is 306 g/mol. The van der Waals surface area contributed by atoms with Crippen LogP contribution in [0.15, 0.2) is 41.3 Å². The Balaban J connectivity index is 2.07. The number of benzene rings is 1. The van der Waals surface area contributed by atoms with Gasteiger partial charge in [0.05, 0.1) is 5.52 Å². The van der Waals surface area contributed by atoms with Crippen molar-refractivity contribution in [3.05, 3.63) is 46.8 Å². The van der Waals surface area contributed by atoms with Gasteiger partial charge in [-0.2, -0.15) is 0 Å². The Labute approximate surface area is 115 Å². The molecule has 1 fully saturated rings. The highest BCUT2D eigenvalue weighted by molar-refractivity contribution is 9.09. The molecule has 1 aromatic heterocycles. The van der Waals surface area contributed by atoms with Crippen molar-refractivity contribution >= 4 is 26.8 Å². The number of fused-ring (bicyclic) bond motifs is 1. The number of hydrogen-bond donors (Lipinski definition) is 0. The molecule has 3 heteroatoms. The summed E-state index contributed by atoms with van der Waals surface area (Å²) in [5.41, 5.74) is 1.55. The third-order valence-corrected chi connectivity index (χ3v) is 5.28. The van der Waals surface area contributed by atoms with Crippen LogP contribution in [0.25, 0.3) is 10.9 Å². The van der Waals surface area contributed by atoms with E-state index in [0.717, 1.165) is 22.8 Å². The largest absolute Gasteiger partial charge is 0.347 e. The summed E-state index contributed by atoms with van der Waals surface area (Å²) in [5, 5.41) is 1.87. The first-order valence-electron chi connectivity index (χ1n) is 6.38. The Kier molecular flexibility index (Phi) is 3.02. The molecule has 0 aliphatic heterocycles. The van der Waals surface area contributed by atoms with Gasteiger partial charge in [-0.05, 0) is 30.4 Å². The molecule has 0 N–H and O–H groups in total. The molecule has 0 bridgehead atoms. The van der Waals surface area contributed by atoms with Crippen molar-refractivity contribution < 1.29 is 0 Å². The molecule has 1 heterocycles. The quantitative estimate of drug-likeness (QED) is 0.795. The minimum Gasteiger partial charge on any atom is -0.347 e. The molecule has 3 rings (SSSR count). The maximum atomic E-state index is 11.8. The second kappa shape index (κ2) is 4.54. The fraction of sp³-hybridized carbons (Fsp3) is 0.400. The Hall–Kier alpha value is -1.09. The van der Waals surface area contributed by atoms with E-state index in [1.54, 1.807) is 6.07 Å². The van der Waals surface area contributed by atoms with Crippen molar-refractivity contribution in [3.63, 3.8) is 0 Å². The van der Waals surface area contributed by atoms with Crippen molar-refractivity contribution in [2.45, 2.75) is 25.8 Å². The summed E-state index contributed by atoms with van der Waals surface area (Å²) in [5.74, 6) is 0. The third-order valence-electron chi connectivity index (χ3n) is 4.09. The van der Waals surface area contributed by atoms with Crippen molar-refractivity contribution in [2.75, 3.05) is 5.33 Å². The van der Waals surface area contributed by atoms with Crippen LogP contribution in [-0.2, 0) is 6.54 Å². The molecule has 94 valence electrons. The van der Waals surface area contributed by atoms with Crippen LogP contribution in [0.5, 0.6) is 0 Å². The lowest BCUT2D eigenvalue weighted by Gasteiger charge is -2.41. The normalized spacial score (nSPS) is 17.6. The first kappa shape index (κ1) is 12.0. The molecule has 0 amide bonds. The minimum atomic E-state index is 0.114. The Morgan fingerprint density at radius 2 is 2.00 bits per heavy atom. The first-order chi connectivity index (χ1) is 8.74. The van der Waals surface area contributed by atoms with Gasteiger partial charge in [0.1, 0.15) is 0 Å². The maximum Gasteiger partial charge on any atom is 0.189 e. The van der Waals surface area contributed by atoms with Crippen LogP contribution in [0.3, 0.4) is 0 Å². The number of hydrogen-bond acceptors (Lipinski definition) is 1. The minimum absolute atomic E-state index is 0.114. The van der Waals surface area contributed by atoms with Crippen molar-refractivity contribution in [3.8, 4) is 0 Å². The SMILES string of the molecule is O=c1ccn(CC2(CBr)CCC2)c2ccccc12. The summed E-state index contributed by atoms with van der Waals surface area (Å²) < 4.78 is 2.23. The smallest absolute Gasteiger partial charge is 0.189 e. The highest BCUT2D eigenvalue weighted by Gasteiger charge is 2.36. The lowest BCUT2D eigenvalue weighted by molar-refractivity contribution is 0.142. The molecule has 2 nitrogen and oxygen atoms in total. The Morgan fingerprint density at radius 1 is 1.22 bits per heavy atom. The summed E-state index contributed by atoms with van der Waals surface area (Å²) in [6.45, 7) is 0.999. The second-order valence-electron chi connectivity index (χ2n) is 5.31. The lowest BCUT2D eigenvalue weighted by Crippen LogP contribution is -2.36. The van der Waals surface area contributed by atoms with Gasteiger partial charge < -0.3 is 4.57 Å². The van der Waals surface area contributed by atoms with E-state index in [4.69, 9.17) is 0 Å². The second-order valence-corrected chi connectivity index (χ2v) is 5.87. The van der Waals surface area contributed by atoms with Gasteiger partial charge in [0.15, 0.2) is 5.43 Å². The van der Waals surface area contributed by atoms with E-state index < -0.39 is 0 Å². The molecular formula is C15H16BrNO. The van der Waals surface area contributed by atoms with Gasteiger partial charge in [0.2, 0.25) is 0 Å². The van der Waals surface area contributed by atoms with Crippen LogP contribution in [0.4, 0.5) is 0 Å². The van der Waals surface area contributed by atoms with E-state index in [2.05, 4.69) is 20.5 Å². The summed E-state index contributed by atoms with van der Waals surface area (Å²) in [7, 11) is 0. The van der Waals surface area contributed by atoms with E-state index in [9.17, 15) is 4.79 Å². The van der Waals surface area contributed by atoms with Gasteiger partial charge in [0.25, 0.3) is 0 Å². The number of halogens is 1. The molecule has 1 saturated carbocycles. The highest BCUT2D eigenvalue weighted by atomic mass is 79.9. The molecule has 18 heavy (non-hydrogen) atoms. The van der Waals surface area contributed by atoms with Gasteiger partial charge in [-0.25, -0.2) is 0 Å². The molecule has 0 radical (unpaired) electrons. The number of nitrogens with zero attached hydrogens (tertiary/aromatic N) is 1. The number of alkyl halides is 1. The fourth-order valence-corrected chi connectivity index (χ4v) is 3.51. The van der Waals surface area contributed by atoms with E-state index in [-0.39, 0.29) is 5.43 Å². The van der Waals surface area contributed by atoms with E-state index in [0.29, 0.717) is 5.41 Å². The maximum absolute atomic E-state index is 11.8. The summed E-state index contributed by atoms with van der Waals surface area (Å²) in [6, 6.07) is 9.56. The molecule has 1 aliphatic carbocycles. The predicted molar refractivity (Wildman–Crippen MR) is 78.3 cm³/mol. The van der Waals surface area contributed by atoms with E-state index in [1.807, 2.05) is 30.5 Å². The zero-order chi connectivity index (χ0) is 12.6. The molecule has 1 aromatic carbocycles. The van der Waals surface area contributed by atoms with Gasteiger partial charge in [-0.1, -0.05) is 34.5 Å². The van der Waals surface area contributed by atoms with E-state index in [1.165, 1.54) is 19.3 Å². The monoisotopic (exact) mass is 305 g/mol. The fourth-order valence-electron chi connectivity index (χ4n) is 2.77. The van der Waals surface area contributed by atoms with Crippen LogP contribution in [0, 0.1) is 5.41 Å². The number of aromatic nitrogens is 1. The molecule has 1 aliphatic rings. The van der Waals surface area contributed by atoms with Crippen LogP contribution >= 0.6 is 15.9 Å². The Morgan fingerprint density at radius 3 is 2.67 bits per heavy atom. The zero-order valence-electron chi connectivity index (χ0n) is 10.2. The van der Waals surface area contributed by atoms with Crippen molar-refractivity contribution in [1.29, 1.82) is 0 Å². The molecule has 0 atom stereocenters. The first-order valence-corrected chi connectivity index (χ1v) is 7.50. The van der Waals surface area contributed by atoms with Gasteiger partial charge in [0, 0.05) is 29.5 Å². The summed E-state index contributed by atoms with van der Waals surface area (Å²) >= 11 is 3.64. The molecular weight excluding hydrogens is 290 g/mol. The van der Waals surface area contributed by atoms with Crippen LogP contribution < -0.4 is 5.43 Å². The zero-order valence-corrected chi connectivity index (χ0v) is 11.8. The van der Waals surface area contributed by atoms with Crippen LogP contribution in [0.2, 0.25) is 0 Å². The summed E-state index contributed by atoms with van der Waals surface area (Å²) in [4.78, 5) is 11.8. The lowest BCUT2D eigenvalue weighted by atomic mass is 9.70. The molecule has 0 unspecified atom stereocenters. The van der Waals surface area contributed by atoms with Gasteiger partial charge in [-0.15, -0.1) is 0 Å². The third kappa shape index (κ3) is 1.91. The predicted octanol–water partition coefficient (Wildman–Crippen LogP) is 3.57. The van der Waals surface area contributed by atoms with Gasteiger partial charge in [-0.3, -0.25) is 4.79 Å². The van der Waals surface area contributed by atoms with Crippen molar-refractivity contribution in [1.82, 2.24) is 4.57 Å². The van der Waals surface area contributed by atoms with Crippen molar-refractivity contribution in [2.24, 2.45) is 5.41 Å². The van der Waals surface area contributed by atoms with Crippen LogP contribution in [-0.4, -0.2) is 9.90 Å². The number of rotatable bonds is 3. The topological polar surface area (TPSA) is 22.0 Å². The van der Waals surface area contributed by atoms with E-state index >= 15 is 0 Å². The molecule has 0 saturated heterocycles. The summed E-state index contributed by atoms with van der Waals surface area (Å²) in [6.07, 6.45) is 5.81. The molecule has 0 spiro atoms. The Bertz CT molecular complexity index is 622. The molecule has 2 aromatic rings. The van der Waals surface area contributed by atoms with Gasteiger partial charge >= 0.3 is 0 Å². The number of pyridine rings is 1. The number of para-hydroxylation sites is 1. The standard InChI is InChI=1S/C15H16BrNO/c16-10-15(7-3-8-15)11-17-9-6-14(18)12-4-1-2-5-13(12)17/h1-2,4-6,9H,3,7-8,10-11H2. The van der Waals surface area contributed by atoms with Crippen LogP contribution in [0.1, 0.15) is 19.3 Å². The highest BCUT2D eigenvalue weighted by Crippen LogP contribution is 2.44.